The van der Waals surface area contributed by atoms with Crippen LogP contribution in [0.25, 0.3) is 11.0 Å². The van der Waals surface area contributed by atoms with Gasteiger partial charge >= 0.3 is 0 Å². The van der Waals surface area contributed by atoms with Gasteiger partial charge in [0.15, 0.2) is 5.82 Å². The lowest BCUT2D eigenvalue weighted by atomic mass is 9.85. The van der Waals surface area contributed by atoms with Crippen molar-refractivity contribution in [2.75, 3.05) is 13.2 Å². The smallest absolute Gasteiger partial charge is 0.290 e. The molecule has 1 saturated carbocycles. The van der Waals surface area contributed by atoms with Gasteiger partial charge in [-0.1, -0.05) is 31.9 Å². The van der Waals surface area contributed by atoms with E-state index in [9.17, 15) is 9.59 Å². The first-order chi connectivity index (χ1) is 15.3. The first kappa shape index (κ1) is 22.8. The number of carbonyl (C=O) groups excluding carboxylic acids is 2. The molecule has 1 fully saturated rings. The fourth-order valence-electron chi connectivity index (χ4n) is 5.08. The van der Waals surface area contributed by atoms with Crippen LogP contribution in [0.2, 0.25) is 0 Å². The number of rotatable bonds is 7. The van der Waals surface area contributed by atoms with E-state index in [4.69, 9.17) is 4.74 Å². The highest BCUT2D eigenvalue weighted by Crippen LogP contribution is 2.32. The molecule has 4 rings (SSSR count). The molecule has 2 heterocycles. The van der Waals surface area contributed by atoms with Crippen LogP contribution in [0.1, 0.15) is 70.4 Å². The molecule has 0 radical (unpaired) electrons. The van der Waals surface area contributed by atoms with Crippen LogP contribution in [-0.4, -0.2) is 57.1 Å². The number of nitrogens with one attached hydrogen (secondary N) is 1. The van der Waals surface area contributed by atoms with Gasteiger partial charge in [-0.2, -0.15) is 0 Å². The second kappa shape index (κ2) is 9.22. The summed E-state index contributed by atoms with van der Waals surface area (Å²) < 4.78 is 7.61. The van der Waals surface area contributed by atoms with Crippen LogP contribution in [-0.2, 0) is 16.1 Å². The van der Waals surface area contributed by atoms with Crippen molar-refractivity contribution in [2.24, 2.45) is 5.92 Å². The highest BCUT2D eigenvalue weighted by atomic mass is 16.5. The number of para-hydroxylation sites is 2. The Morgan fingerprint density at radius 3 is 2.78 bits per heavy atom. The molecule has 1 aliphatic carbocycles. The number of carbonyl (C=O) groups is 2. The van der Waals surface area contributed by atoms with Crippen molar-refractivity contribution in [1.29, 1.82) is 0 Å². The van der Waals surface area contributed by atoms with Crippen LogP contribution in [0.15, 0.2) is 24.3 Å². The maximum atomic E-state index is 13.7. The molecule has 32 heavy (non-hydrogen) atoms. The number of fused-ring (bicyclic) bond motifs is 3. The molecular formula is C25H36N4O3. The zero-order valence-electron chi connectivity index (χ0n) is 19.8. The van der Waals surface area contributed by atoms with E-state index in [-0.39, 0.29) is 24.0 Å². The van der Waals surface area contributed by atoms with Crippen molar-refractivity contribution in [3.05, 3.63) is 30.1 Å². The van der Waals surface area contributed by atoms with Gasteiger partial charge in [-0.3, -0.25) is 9.59 Å². The van der Waals surface area contributed by atoms with Crippen molar-refractivity contribution in [3.63, 3.8) is 0 Å². The summed E-state index contributed by atoms with van der Waals surface area (Å²) in [4.78, 5) is 33.7. The molecule has 1 aromatic carbocycles. The third-order valence-electron chi connectivity index (χ3n) is 7.05. The van der Waals surface area contributed by atoms with Crippen molar-refractivity contribution in [3.8, 4) is 0 Å². The Morgan fingerprint density at radius 2 is 2.03 bits per heavy atom. The summed E-state index contributed by atoms with van der Waals surface area (Å²) in [7, 11) is 0. The SMILES string of the molecule is CC(C)OCCCN1C(=O)c2nc3ccccc3n2C[C@]1(C)C(=O)N[C@H]1CCCC[C@H]1C. The van der Waals surface area contributed by atoms with E-state index >= 15 is 0 Å². The van der Waals surface area contributed by atoms with E-state index in [1.807, 2.05) is 49.6 Å². The minimum absolute atomic E-state index is 0.0715. The third kappa shape index (κ3) is 4.27. The summed E-state index contributed by atoms with van der Waals surface area (Å²) in [6.45, 7) is 9.50. The molecule has 3 atom stereocenters. The van der Waals surface area contributed by atoms with Crippen molar-refractivity contribution >= 4 is 22.8 Å². The minimum atomic E-state index is -0.984. The molecule has 0 unspecified atom stereocenters. The van der Waals surface area contributed by atoms with E-state index in [0.717, 1.165) is 30.3 Å². The monoisotopic (exact) mass is 440 g/mol. The molecule has 174 valence electrons. The van der Waals surface area contributed by atoms with Gasteiger partial charge in [-0.05, 0) is 58.1 Å². The van der Waals surface area contributed by atoms with Gasteiger partial charge in [-0.25, -0.2) is 4.98 Å². The number of benzene rings is 1. The number of hydrogen-bond donors (Lipinski definition) is 1. The third-order valence-corrected chi connectivity index (χ3v) is 7.05. The van der Waals surface area contributed by atoms with E-state index in [1.165, 1.54) is 6.42 Å². The Hall–Kier alpha value is -2.41. The van der Waals surface area contributed by atoms with Crippen LogP contribution in [0.4, 0.5) is 0 Å². The number of aromatic nitrogens is 2. The van der Waals surface area contributed by atoms with Crippen LogP contribution < -0.4 is 5.32 Å². The van der Waals surface area contributed by atoms with E-state index in [0.29, 0.717) is 37.9 Å². The fourth-order valence-corrected chi connectivity index (χ4v) is 5.08. The van der Waals surface area contributed by atoms with Crippen molar-refractivity contribution < 1.29 is 14.3 Å². The Bertz CT molecular complexity index is 985. The maximum absolute atomic E-state index is 13.7. The first-order valence-corrected chi connectivity index (χ1v) is 12.0. The molecule has 0 saturated heterocycles. The molecule has 0 bridgehead atoms. The zero-order valence-corrected chi connectivity index (χ0v) is 19.8. The van der Waals surface area contributed by atoms with Gasteiger partial charge in [0.25, 0.3) is 5.91 Å². The lowest BCUT2D eigenvalue weighted by Gasteiger charge is -2.44. The first-order valence-electron chi connectivity index (χ1n) is 12.0. The van der Waals surface area contributed by atoms with Crippen LogP contribution in [0, 0.1) is 5.92 Å². The number of hydrogen-bond acceptors (Lipinski definition) is 4. The van der Waals surface area contributed by atoms with E-state index in [1.54, 1.807) is 4.90 Å². The number of amides is 2. The predicted molar refractivity (Wildman–Crippen MR) is 124 cm³/mol. The summed E-state index contributed by atoms with van der Waals surface area (Å²) in [6.07, 6.45) is 5.30. The molecule has 0 spiro atoms. The van der Waals surface area contributed by atoms with Crippen LogP contribution >= 0.6 is 0 Å². The summed E-state index contributed by atoms with van der Waals surface area (Å²) >= 11 is 0. The topological polar surface area (TPSA) is 76.5 Å². The molecule has 2 aromatic rings. The highest BCUT2D eigenvalue weighted by molar-refractivity contribution is 6.01. The summed E-state index contributed by atoms with van der Waals surface area (Å²) in [5.74, 6) is 0.601. The molecule has 2 aliphatic rings. The molecular weight excluding hydrogens is 404 g/mol. The van der Waals surface area contributed by atoms with Gasteiger partial charge in [0.05, 0.1) is 23.7 Å². The normalized spacial score (nSPS) is 25.9. The van der Waals surface area contributed by atoms with Gasteiger partial charge in [0.2, 0.25) is 5.91 Å². The van der Waals surface area contributed by atoms with Gasteiger partial charge in [0, 0.05) is 19.2 Å². The minimum Gasteiger partial charge on any atom is -0.379 e. The van der Waals surface area contributed by atoms with Gasteiger partial charge < -0.3 is 19.5 Å². The largest absolute Gasteiger partial charge is 0.379 e. The quantitative estimate of drug-likeness (QED) is 0.665. The zero-order chi connectivity index (χ0) is 22.9. The standard InChI is InChI=1S/C25H36N4O3/c1-17(2)32-15-9-14-29-23(30)22-26-20-12-7-8-13-21(20)28(22)16-25(29,4)24(31)27-19-11-6-5-10-18(19)3/h7-8,12-13,17-19H,5-6,9-11,14-16H2,1-4H3,(H,27,31)/t18-,19+,25-/m1/s1. The lowest BCUT2D eigenvalue weighted by Crippen LogP contribution is -2.65. The summed E-state index contributed by atoms with van der Waals surface area (Å²) in [5.41, 5.74) is 0.691. The van der Waals surface area contributed by atoms with Crippen LogP contribution in [0.3, 0.4) is 0 Å². The Balaban J connectivity index is 1.64. The Labute approximate surface area is 190 Å². The molecule has 7 nitrogen and oxygen atoms in total. The molecule has 1 aliphatic heterocycles. The lowest BCUT2D eigenvalue weighted by molar-refractivity contribution is -0.134. The molecule has 2 amide bonds. The Morgan fingerprint density at radius 1 is 1.28 bits per heavy atom. The molecule has 7 heteroatoms. The average molecular weight is 441 g/mol. The fraction of sp³-hybridized carbons (Fsp3) is 0.640. The second-order valence-corrected chi connectivity index (χ2v) is 9.86. The Kier molecular flexibility index (Phi) is 6.56. The van der Waals surface area contributed by atoms with Crippen LogP contribution in [0.5, 0.6) is 0 Å². The van der Waals surface area contributed by atoms with Gasteiger partial charge in [0.1, 0.15) is 5.54 Å². The van der Waals surface area contributed by atoms with Crippen molar-refractivity contribution in [1.82, 2.24) is 19.8 Å². The number of imidazole rings is 1. The highest BCUT2D eigenvalue weighted by Gasteiger charge is 2.48. The van der Waals surface area contributed by atoms with Crippen molar-refractivity contribution in [2.45, 2.75) is 84.0 Å². The second-order valence-electron chi connectivity index (χ2n) is 9.86. The summed E-state index contributed by atoms with van der Waals surface area (Å²) in [6, 6.07) is 7.90. The van der Waals surface area contributed by atoms with E-state index < -0.39 is 5.54 Å². The predicted octanol–water partition coefficient (Wildman–Crippen LogP) is 3.76. The van der Waals surface area contributed by atoms with E-state index in [2.05, 4.69) is 17.2 Å². The molecule has 1 aromatic heterocycles. The molecule has 1 N–H and O–H groups in total. The number of ether oxygens (including phenoxy) is 1. The maximum Gasteiger partial charge on any atom is 0.290 e. The summed E-state index contributed by atoms with van der Waals surface area (Å²) in [5, 5.41) is 3.31. The average Bonchev–Trinajstić information content (AvgIpc) is 3.13. The number of nitrogens with zero attached hydrogens (tertiary/aromatic N) is 3. The van der Waals surface area contributed by atoms with Gasteiger partial charge in [-0.15, -0.1) is 0 Å².